The first-order valence-corrected chi connectivity index (χ1v) is 5.93. The molecule has 0 heterocycles. The number of hydrogen-bond donors (Lipinski definition) is 1. The Labute approximate surface area is 102 Å². The molecule has 0 aliphatic heterocycles. The molecule has 96 valence electrons. The second-order valence-electron chi connectivity index (χ2n) is 3.40. The van der Waals surface area contributed by atoms with Gasteiger partial charge in [-0.05, 0) is 31.2 Å². The first kappa shape index (κ1) is 14.2. The van der Waals surface area contributed by atoms with Crippen molar-refractivity contribution in [3.8, 4) is 5.75 Å². The van der Waals surface area contributed by atoms with Crippen molar-refractivity contribution in [2.24, 2.45) is 5.73 Å². The van der Waals surface area contributed by atoms with Gasteiger partial charge in [0.1, 0.15) is 11.0 Å². The number of thioether (sulfide) groups is 1. The highest BCUT2D eigenvalue weighted by Gasteiger charge is 2.39. The van der Waals surface area contributed by atoms with Crippen LogP contribution in [0.3, 0.4) is 0 Å². The van der Waals surface area contributed by atoms with Crippen molar-refractivity contribution >= 4 is 11.8 Å². The molecule has 0 fully saturated rings. The Morgan fingerprint density at radius 1 is 1.41 bits per heavy atom. The van der Waals surface area contributed by atoms with Crippen LogP contribution >= 0.6 is 11.8 Å². The van der Waals surface area contributed by atoms with Gasteiger partial charge in [-0.2, -0.15) is 13.2 Å². The Hall–Kier alpha value is -0.880. The molecule has 0 amide bonds. The fraction of sp³-hybridized carbons (Fsp3) is 0.455. The Bertz CT molecular complexity index is 357. The molecule has 0 spiro atoms. The van der Waals surface area contributed by atoms with E-state index in [1.165, 1.54) is 7.11 Å². The summed E-state index contributed by atoms with van der Waals surface area (Å²) in [7, 11) is 1.48. The maximum atomic E-state index is 12.7. The lowest BCUT2D eigenvalue weighted by molar-refractivity contribution is -0.129. The highest BCUT2D eigenvalue weighted by molar-refractivity contribution is 8.00. The van der Waals surface area contributed by atoms with Crippen molar-refractivity contribution in [2.75, 3.05) is 13.7 Å². The third-order valence-corrected chi connectivity index (χ3v) is 3.43. The van der Waals surface area contributed by atoms with Crippen LogP contribution in [-0.4, -0.2) is 25.1 Å². The average molecular weight is 265 g/mol. The van der Waals surface area contributed by atoms with Crippen molar-refractivity contribution in [1.82, 2.24) is 0 Å². The summed E-state index contributed by atoms with van der Waals surface area (Å²) < 4.78 is 43.0. The number of alkyl halides is 3. The summed E-state index contributed by atoms with van der Waals surface area (Å²) in [5, 5.41) is -1.47. The third-order valence-electron chi connectivity index (χ3n) is 2.11. The number of rotatable bonds is 5. The minimum absolute atomic E-state index is 0.0150. The van der Waals surface area contributed by atoms with E-state index in [0.29, 0.717) is 10.6 Å². The molecule has 1 rings (SSSR count). The first-order chi connectivity index (χ1) is 7.97. The van der Waals surface area contributed by atoms with Crippen LogP contribution in [0.2, 0.25) is 0 Å². The fourth-order valence-corrected chi connectivity index (χ4v) is 2.34. The molecule has 0 saturated heterocycles. The zero-order valence-electron chi connectivity index (χ0n) is 9.33. The summed E-state index contributed by atoms with van der Waals surface area (Å²) in [6.07, 6.45) is -4.33. The Kier molecular flexibility index (Phi) is 5.14. The van der Waals surface area contributed by atoms with E-state index in [0.717, 1.165) is 11.8 Å². The third kappa shape index (κ3) is 4.47. The standard InChI is InChI=1S/C11H14F3NOS/c1-16-8-3-2-4-9(7-8)17-10(5-6-15)11(12,13)14/h2-4,7,10H,5-6,15H2,1H3. The maximum absolute atomic E-state index is 12.7. The number of ether oxygens (including phenoxy) is 1. The van der Waals surface area contributed by atoms with Crippen LogP contribution in [0.1, 0.15) is 6.42 Å². The Morgan fingerprint density at radius 3 is 2.65 bits per heavy atom. The molecular weight excluding hydrogens is 251 g/mol. The van der Waals surface area contributed by atoms with Gasteiger partial charge in [-0.3, -0.25) is 0 Å². The molecule has 0 saturated carbocycles. The molecule has 1 unspecified atom stereocenters. The summed E-state index contributed by atoms with van der Waals surface area (Å²) in [6, 6.07) is 6.56. The average Bonchev–Trinajstić information content (AvgIpc) is 2.27. The molecule has 6 heteroatoms. The van der Waals surface area contributed by atoms with Gasteiger partial charge in [-0.25, -0.2) is 0 Å². The van der Waals surface area contributed by atoms with Crippen molar-refractivity contribution < 1.29 is 17.9 Å². The Morgan fingerprint density at radius 2 is 2.12 bits per heavy atom. The largest absolute Gasteiger partial charge is 0.497 e. The van der Waals surface area contributed by atoms with Crippen molar-refractivity contribution in [1.29, 1.82) is 0 Å². The van der Waals surface area contributed by atoms with E-state index in [4.69, 9.17) is 10.5 Å². The molecule has 0 aliphatic carbocycles. The van der Waals surface area contributed by atoms with Gasteiger partial charge < -0.3 is 10.5 Å². The first-order valence-electron chi connectivity index (χ1n) is 5.05. The number of halogens is 3. The van der Waals surface area contributed by atoms with Gasteiger partial charge in [0.2, 0.25) is 0 Å². The van der Waals surface area contributed by atoms with Crippen LogP contribution in [0.4, 0.5) is 13.2 Å². The monoisotopic (exact) mass is 265 g/mol. The van der Waals surface area contributed by atoms with Gasteiger partial charge in [-0.15, -0.1) is 11.8 Å². The number of hydrogen-bond acceptors (Lipinski definition) is 3. The van der Waals surface area contributed by atoms with Crippen molar-refractivity contribution in [3.05, 3.63) is 24.3 Å². The van der Waals surface area contributed by atoms with Crippen LogP contribution in [0.15, 0.2) is 29.2 Å². The van der Waals surface area contributed by atoms with Crippen LogP contribution < -0.4 is 10.5 Å². The number of benzene rings is 1. The maximum Gasteiger partial charge on any atom is 0.400 e. The second-order valence-corrected chi connectivity index (χ2v) is 4.68. The summed E-state index contributed by atoms with van der Waals surface area (Å²) in [6.45, 7) is 0.0150. The lowest BCUT2D eigenvalue weighted by atomic mass is 10.3. The minimum atomic E-state index is -4.24. The van der Waals surface area contributed by atoms with E-state index in [-0.39, 0.29) is 13.0 Å². The van der Waals surface area contributed by atoms with Gasteiger partial charge in [0.05, 0.1) is 7.11 Å². The summed E-state index contributed by atoms with van der Waals surface area (Å²) in [5.74, 6) is 0.545. The molecule has 1 aromatic carbocycles. The molecule has 0 aliphatic rings. The quantitative estimate of drug-likeness (QED) is 0.831. The molecule has 17 heavy (non-hydrogen) atoms. The van der Waals surface area contributed by atoms with Crippen molar-refractivity contribution in [3.63, 3.8) is 0 Å². The van der Waals surface area contributed by atoms with E-state index < -0.39 is 11.4 Å². The van der Waals surface area contributed by atoms with Gasteiger partial charge >= 0.3 is 6.18 Å². The summed E-state index contributed by atoms with van der Waals surface area (Å²) >= 11 is 0.765. The number of methoxy groups -OCH3 is 1. The highest BCUT2D eigenvalue weighted by Crippen LogP contribution is 2.37. The molecule has 2 N–H and O–H groups in total. The SMILES string of the molecule is COc1cccc(SC(CCN)C(F)(F)F)c1. The molecule has 1 aromatic rings. The van der Waals surface area contributed by atoms with Gasteiger partial charge in [0.25, 0.3) is 0 Å². The summed E-state index contributed by atoms with van der Waals surface area (Å²) in [5.41, 5.74) is 5.20. The predicted octanol–water partition coefficient (Wildman–Crippen LogP) is 3.07. The van der Waals surface area contributed by atoms with Gasteiger partial charge in [-0.1, -0.05) is 6.07 Å². The van der Waals surface area contributed by atoms with E-state index in [9.17, 15) is 13.2 Å². The predicted molar refractivity (Wildman–Crippen MR) is 62.4 cm³/mol. The van der Waals surface area contributed by atoms with E-state index in [1.807, 2.05) is 0 Å². The van der Waals surface area contributed by atoms with E-state index >= 15 is 0 Å². The lowest BCUT2D eigenvalue weighted by Crippen LogP contribution is -2.28. The van der Waals surface area contributed by atoms with Gasteiger partial charge in [0.15, 0.2) is 0 Å². The normalized spacial score (nSPS) is 13.5. The molecule has 0 bridgehead atoms. The zero-order valence-corrected chi connectivity index (χ0v) is 10.1. The minimum Gasteiger partial charge on any atom is -0.497 e. The fourth-order valence-electron chi connectivity index (χ4n) is 1.28. The number of nitrogens with two attached hydrogens (primary N) is 1. The second kappa shape index (κ2) is 6.16. The Balaban J connectivity index is 2.78. The molecule has 1 atom stereocenters. The van der Waals surface area contributed by atoms with Crippen LogP contribution in [-0.2, 0) is 0 Å². The van der Waals surface area contributed by atoms with Crippen LogP contribution in [0.25, 0.3) is 0 Å². The van der Waals surface area contributed by atoms with Crippen LogP contribution in [0, 0.1) is 0 Å². The smallest absolute Gasteiger partial charge is 0.400 e. The van der Waals surface area contributed by atoms with Crippen molar-refractivity contribution in [2.45, 2.75) is 22.7 Å². The summed E-state index contributed by atoms with van der Waals surface area (Å²) in [4.78, 5) is 0.528. The molecule has 0 radical (unpaired) electrons. The molecule has 2 nitrogen and oxygen atoms in total. The van der Waals surface area contributed by atoms with E-state index in [2.05, 4.69) is 0 Å². The highest BCUT2D eigenvalue weighted by atomic mass is 32.2. The lowest BCUT2D eigenvalue weighted by Gasteiger charge is -2.19. The van der Waals surface area contributed by atoms with Crippen LogP contribution in [0.5, 0.6) is 5.75 Å². The van der Waals surface area contributed by atoms with Gasteiger partial charge in [0, 0.05) is 4.90 Å². The van der Waals surface area contributed by atoms with E-state index in [1.54, 1.807) is 24.3 Å². The molecule has 0 aromatic heterocycles. The zero-order chi connectivity index (χ0) is 12.9. The topological polar surface area (TPSA) is 35.2 Å². The molecular formula is C11H14F3NOS.